The third-order valence-corrected chi connectivity index (χ3v) is 8.74. The second-order valence-electron chi connectivity index (χ2n) is 6.57. The van der Waals surface area contributed by atoms with Crippen molar-refractivity contribution in [2.24, 2.45) is 0 Å². The van der Waals surface area contributed by atoms with E-state index in [2.05, 4.69) is 4.90 Å². The highest BCUT2D eigenvalue weighted by Gasteiger charge is 2.26. The lowest BCUT2D eigenvalue weighted by atomic mass is 10.2. The van der Waals surface area contributed by atoms with Crippen LogP contribution in [0.25, 0.3) is 0 Å². The molecule has 0 aliphatic carbocycles. The molecule has 7 nitrogen and oxygen atoms in total. The van der Waals surface area contributed by atoms with Crippen molar-refractivity contribution in [1.82, 2.24) is 8.61 Å². The molecule has 0 amide bonds. The van der Waals surface area contributed by atoms with Crippen molar-refractivity contribution < 1.29 is 16.8 Å². The zero-order valence-corrected chi connectivity index (χ0v) is 17.6. The van der Waals surface area contributed by atoms with Gasteiger partial charge in [-0.25, -0.2) is 21.1 Å². The molecule has 9 heteroatoms. The molecule has 26 heavy (non-hydrogen) atoms. The fraction of sp³-hybridized carbons (Fsp3) is 0.647. The van der Waals surface area contributed by atoms with Crippen molar-refractivity contribution in [2.75, 3.05) is 50.9 Å². The average Bonchev–Trinajstić information content (AvgIpc) is 2.98. The van der Waals surface area contributed by atoms with Gasteiger partial charge in [0, 0.05) is 46.0 Å². The second kappa shape index (κ2) is 8.24. The molecule has 1 aromatic rings. The predicted octanol–water partition coefficient (Wildman–Crippen LogP) is 1.36. The van der Waals surface area contributed by atoms with Gasteiger partial charge in [0.2, 0.25) is 20.0 Å². The summed E-state index contributed by atoms with van der Waals surface area (Å²) in [5, 5.41) is 0. The van der Waals surface area contributed by atoms with E-state index in [1.807, 2.05) is 19.9 Å². The van der Waals surface area contributed by atoms with Gasteiger partial charge in [-0.1, -0.05) is 13.8 Å². The number of sulfonamides is 2. The van der Waals surface area contributed by atoms with Crippen molar-refractivity contribution in [1.29, 1.82) is 0 Å². The molecular weight excluding hydrogens is 374 g/mol. The Morgan fingerprint density at radius 1 is 1.08 bits per heavy atom. The highest BCUT2D eigenvalue weighted by Crippen LogP contribution is 2.31. The van der Waals surface area contributed by atoms with E-state index in [0.717, 1.165) is 24.2 Å². The number of anilines is 1. The quantitative estimate of drug-likeness (QED) is 0.622. The summed E-state index contributed by atoms with van der Waals surface area (Å²) >= 11 is 0. The minimum atomic E-state index is -3.46. The maximum atomic E-state index is 12.7. The lowest BCUT2D eigenvalue weighted by molar-refractivity contribution is 0.445. The minimum absolute atomic E-state index is 0.111. The first kappa shape index (κ1) is 21.1. The van der Waals surface area contributed by atoms with E-state index in [4.69, 9.17) is 0 Å². The highest BCUT2D eigenvalue weighted by molar-refractivity contribution is 7.89. The molecule has 0 bridgehead atoms. The lowest BCUT2D eigenvalue weighted by Gasteiger charge is -2.21. The topological polar surface area (TPSA) is 78.0 Å². The van der Waals surface area contributed by atoms with Crippen molar-refractivity contribution in [3.05, 3.63) is 23.8 Å². The number of hydrogen-bond donors (Lipinski definition) is 0. The number of fused-ring (bicyclic) bond motifs is 1. The van der Waals surface area contributed by atoms with Gasteiger partial charge in [-0.15, -0.1) is 0 Å². The molecule has 0 unspecified atom stereocenters. The van der Waals surface area contributed by atoms with E-state index in [9.17, 15) is 16.8 Å². The molecule has 0 saturated heterocycles. The van der Waals surface area contributed by atoms with Gasteiger partial charge in [-0.3, -0.25) is 0 Å². The van der Waals surface area contributed by atoms with E-state index < -0.39 is 20.0 Å². The smallest absolute Gasteiger partial charge is 0.243 e. The number of hydrogen-bond acceptors (Lipinski definition) is 5. The molecule has 1 aromatic carbocycles. The molecule has 0 aromatic heterocycles. The Hall–Kier alpha value is -1.16. The summed E-state index contributed by atoms with van der Waals surface area (Å²) in [5.41, 5.74) is 2.01. The molecular formula is C17H29N3O4S2. The molecule has 1 heterocycles. The fourth-order valence-electron chi connectivity index (χ4n) is 3.17. The van der Waals surface area contributed by atoms with Gasteiger partial charge in [0.25, 0.3) is 0 Å². The first-order valence-electron chi connectivity index (χ1n) is 8.91. The zero-order valence-electron chi connectivity index (χ0n) is 16.0. The van der Waals surface area contributed by atoms with Crippen LogP contribution in [0.3, 0.4) is 0 Å². The van der Waals surface area contributed by atoms with Crippen LogP contribution in [-0.2, 0) is 26.5 Å². The van der Waals surface area contributed by atoms with Gasteiger partial charge in [-0.05, 0) is 36.6 Å². The van der Waals surface area contributed by atoms with Gasteiger partial charge in [0.15, 0.2) is 0 Å². The Bertz CT molecular complexity index is 832. The summed E-state index contributed by atoms with van der Waals surface area (Å²) in [5.74, 6) is 0.111. The molecule has 1 aliphatic rings. The normalized spacial score (nSPS) is 15.1. The third kappa shape index (κ3) is 4.39. The molecule has 1 aliphatic heterocycles. The van der Waals surface area contributed by atoms with Gasteiger partial charge < -0.3 is 4.90 Å². The monoisotopic (exact) mass is 403 g/mol. The summed E-state index contributed by atoms with van der Waals surface area (Å²) in [7, 11) is -3.56. The molecule has 2 rings (SSSR count). The van der Waals surface area contributed by atoms with Crippen molar-refractivity contribution in [2.45, 2.75) is 31.6 Å². The lowest BCUT2D eigenvalue weighted by Crippen LogP contribution is -2.30. The Kier molecular flexibility index (Phi) is 6.70. The number of benzene rings is 1. The van der Waals surface area contributed by atoms with Crippen LogP contribution in [0.2, 0.25) is 0 Å². The Balaban J connectivity index is 2.11. The maximum Gasteiger partial charge on any atom is 0.243 e. The predicted molar refractivity (Wildman–Crippen MR) is 105 cm³/mol. The molecule has 0 N–H and O–H groups in total. The Morgan fingerprint density at radius 2 is 1.73 bits per heavy atom. The third-order valence-electron chi connectivity index (χ3n) is 4.77. The minimum Gasteiger partial charge on any atom is -0.371 e. The van der Waals surface area contributed by atoms with Crippen LogP contribution in [0.1, 0.15) is 25.8 Å². The van der Waals surface area contributed by atoms with Crippen LogP contribution in [0, 0.1) is 0 Å². The first-order valence-corrected chi connectivity index (χ1v) is 12.0. The summed E-state index contributed by atoms with van der Waals surface area (Å²) in [4.78, 5) is 2.46. The summed E-state index contributed by atoms with van der Waals surface area (Å²) in [6, 6.07) is 5.26. The molecule has 0 saturated carbocycles. The summed E-state index contributed by atoms with van der Waals surface area (Å²) in [6.45, 7) is 5.98. The van der Waals surface area contributed by atoms with Gasteiger partial charge >= 0.3 is 0 Å². The molecule has 0 fully saturated rings. The van der Waals surface area contributed by atoms with Gasteiger partial charge in [0.05, 0.1) is 10.6 Å². The van der Waals surface area contributed by atoms with Crippen LogP contribution in [0.15, 0.2) is 23.1 Å². The zero-order chi connectivity index (χ0) is 19.5. The molecule has 148 valence electrons. The SMILES string of the molecule is CCN(CC)S(=O)(=O)c1ccc2c(c1)CCN2CCCS(=O)(=O)N(C)C. The standard InChI is InChI=1S/C17H29N3O4S2/c1-5-20(6-2)26(23,24)16-8-9-17-15(14-16)10-12-19(17)11-7-13-25(21,22)18(3)4/h8-9,14H,5-7,10-13H2,1-4H3. The van der Waals surface area contributed by atoms with Crippen LogP contribution in [-0.4, -0.2) is 71.5 Å². The summed E-state index contributed by atoms with van der Waals surface area (Å²) in [6.07, 6.45) is 1.32. The first-order chi connectivity index (χ1) is 12.1. The van der Waals surface area contributed by atoms with Crippen molar-refractivity contribution in [3.8, 4) is 0 Å². The van der Waals surface area contributed by atoms with Crippen LogP contribution >= 0.6 is 0 Å². The largest absolute Gasteiger partial charge is 0.371 e. The second-order valence-corrected chi connectivity index (χ2v) is 10.8. The van der Waals surface area contributed by atoms with E-state index in [0.29, 0.717) is 31.0 Å². The van der Waals surface area contributed by atoms with E-state index in [-0.39, 0.29) is 5.75 Å². The summed E-state index contributed by atoms with van der Waals surface area (Å²) < 4.78 is 51.7. The van der Waals surface area contributed by atoms with Gasteiger partial charge in [-0.2, -0.15) is 4.31 Å². The maximum absolute atomic E-state index is 12.7. The Labute approximate surface area is 157 Å². The fourth-order valence-corrected chi connectivity index (χ4v) is 5.54. The van der Waals surface area contributed by atoms with E-state index >= 15 is 0 Å². The molecule has 0 atom stereocenters. The van der Waals surface area contributed by atoms with Gasteiger partial charge in [0.1, 0.15) is 0 Å². The van der Waals surface area contributed by atoms with Crippen molar-refractivity contribution in [3.63, 3.8) is 0 Å². The average molecular weight is 404 g/mol. The Morgan fingerprint density at radius 3 is 2.31 bits per heavy atom. The van der Waals surface area contributed by atoms with E-state index in [1.54, 1.807) is 26.2 Å². The molecule has 0 radical (unpaired) electrons. The number of nitrogens with zero attached hydrogens (tertiary/aromatic N) is 3. The van der Waals surface area contributed by atoms with E-state index in [1.165, 1.54) is 8.61 Å². The highest BCUT2D eigenvalue weighted by atomic mass is 32.2. The van der Waals surface area contributed by atoms with Crippen molar-refractivity contribution >= 4 is 25.7 Å². The van der Waals surface area contributed by atoms with Crippen LogP contribution in [0.4, 0.5) is 5.69 Å². The van der Waals surface area contributed by atoms with Crippen LogP contribution < -0.4 is 4.90 Å². The molecule has 0 spiro atoms. The number of rotatable bonds is 9. The van der Waals surface area contributed by atoms with Crippen LogP contribution in [0.5, 0.6) is 0 Å².